The summed E-state index contributed by atoms with van der Waals surface area (Å²) >= 11 is 0. The molecule has 0 spiro atoms. The standard InChI is InChI=1S/C33H46N2O7/c1-3-4-5-6-7-8-9-10-11-12-13-14-18-21-30(36)28-22-23-31(29(24-28)35(39)40)42-32(37)26(2)34-33(38)41-25-27-19-16-15-17-20-27/h15-17,19-20,22-24,26H,3-14,18,21,25H2,1-2H3,(H,34,38)/t26-/m1/s1. The first-order chi connectivity index (χ1) is 20.3. The number of carbonyl (C=O) groups is 3. The number of ketones is 1. The number of rotatable bonds is 21. The van der Waals surface area contributed by atoms with Gasteiger partial charge in [-0.2, -0.15) is 0 Å². The molecule has 9 nitrogen and oxygen atoms in total. The predicted octanol–water partition coefficient (Wildman–Crippen LogP) is 8.48. The van der Waals surface area contributed by atoms with Crippen LogP contribution in [-0.2, 0) is 16.1 Å². The molecule has 2 aromatic carbocycles. The van der Waals surface area contributed by atoms with E-state index in [4.69, 9.17) is 9.47 Å². The molecule has 0 fully saturated rings. The Morgan fingerprint density at radius 1 is 0.833 bits per heavy atom. The van der Waals surface area contributed by atoms with Gasteiger partial charge in [0.1, 0.15) is 12.6 Å². The highest BCUT2D eigenvalue weighted by atomic mass is 16.6. The van der Waals surface area contributed by atoms with Gasteiger partial charge in [0.25, 0.3) is 0 Å². The fraction of sp³-hybridized carbons (Fsp3) is 0.545. The first kappa shape index (κ1) is 34.5. The second kappa shape index (κ2) is 20.2. The quantitative estimate of drug-likeness (QED) is 0.0391. The van der Waals surface area contributed by atoms with Gasteiger partial charge in [0.2, 0.25) is 5.75 Å². The van der Waals surface area contributed by atoms with Crippen molar-refractivity contribution in [3.05, 3.63) is 69.8 Å². The largest absolute Gasteiger partial charge is 0.445 e. The highest BCUT2D eigenvalue weighted by molar-refractivity contribution is 5.97. The lowest BCUT2D eigenvalue weighted by Gasteiger charge is -2.14. The fourth-order valence-electron chi connectivity index (χ4n) is 4.56. The summed E-state index contributed by atoms with van der Waals surface area (Å²) in [5, 5.41) is 14.0. The van der Waals surface area contributed by atoms with E-state index in [0.717, 1.165) is 37.3 Å². The number of carbonyl (C=O) groups excluding carboxylic acids is 3. The van der Waals surface area contributed by atoms with E-state index in [1.54, 1.807) is 12.1 Å². The molecule has 2 aromatic rings. The van der Waals surface area contributed by atoms with Gasteiger partial charge in [-0.15, -0.1) is 0 Å². The van der Waals surface area contributed by atoms with Gasteiger partial charge >= 0.3 is 17.7 Å². The smallest absolute Gasteiger partial charge is 0.408 e. The van der Waals surface area contributed by atoms with Crippen molar-refractivity contribution in [3.8, 4) is 5.75 Å². The van der Waals surface area contributed by atoms with Gasteiger partial charge in [-0.1, -0.05) is 114 Å². The van der Waals surface area contributed by atoms with E-state index in [0.29, 0.717) is 6.42 Å². The summed E-state index contributed by atoms with van der Waals surface area (Å²) in [5.74, 6) is -1.38. The normalized spacial score (nSPS) is 11.5. The molecule has 0 saturated heterocycles. The minimum Gasteiger partial charge on any atom is -0.445 e. The van der Waals surface area contributed by atoms with Crippen molar-refractivity contribution in [1.82, 2.24) is 5.32 Å². The number of hydrogen-bond donors (Lipinski definition) is 1. The van der Waals surface area contributed by atoms with Gasteiger partial charge in [-0.3, -0.25) is 14.9 Å². The van der Waals surface area contributed by atoms with Gasteiger partial charge in [0.05, 0.1) is 4.92 Å². The zero-order valence-corrected chi connectivity index (χ0v) is 25.1. The molecule has 42 heavy (non-hydrogen) atoms. The highest BCUT2D eigenvalue weighted by Crippen LogP contribution is 2.29. The number of amides is 1. The van der Waals surface area contributed by atoms with E-state index in [2.05, 4.69) is 12.2 Å². The van der Waals surface area contributed by atoms with Gasteiger partial charge in [0, 0.05) is 18.1 Å². The van der Waals surface area contributed by atoms with Crippen molar-refractivity contribution in [2.24, 2.45) is 0 Å². The summed E-state index contributed by atoms with van der Waals surface area (Å²) in [4.78, 5) is 48.1. The monoisotopic (exact) mass is 582 g/mol. The molecule has 0 heterocycles. The summed E-state index contributed by atoms with van der Waals surface area (Å²) < 4.78 is 10.3. The van der Waals surface area contributed by atoms with E-state index < -0.39 is 28.7 Å². The minimum atomic E-state index is -1.12. The Hall–Kier alpha value is -3.75. The lowest BCUT2D eigenvalue weighted by atomic mass is 10.0. The third kappa shape index (κ3) is 13.7. The zero-order valence-electron chi connectivity index (χ0n) is 25.1. The molecule has 230 valence electrons. The SMILES string of the molecule is CCCCCCCCCCCCCCCC(=O)c1ccc(OC(=O)[C@@H](C)NC(=O)OCc2ccccc2)c([N+](=O)[O-])c1. The Kier molecular flexibility index (Phi) is 16.6. The van der Waals surface area contributed by atoms with E-state index in [1.165, 1.54) is 76.8 Å². The number of esters is 1. The summed E-state index contributed by atoms with van der Waals surface area (Å²) in [6.45, 7) is 3.64. The number of nitrogens with one attached hydrogen (secondary N) is 1. The van der Waals surface area contributed by atoms with Crippen molar-refractivity contribution in [1.29, 1.82) is 0 Å². The molecule has 0 aliphatic rings. The van der Waals surface area contributed by atoms with E-state index in [1.807, 2.05) is 18.2 Å². The van der Waals surface area contributed by atoms with Crippen LogP contribution in [-0.4, -0.2) is 28.8 Å². The number of hydrogen-bond acceptors (Lipinski definition) is 7. The number of unbranched alkanes of at least 4 members (excludes halogenated alkanes) is 12. The predicted molar refractivity (Wildman–Crippen MR) is 163 cm³/mol. The molecular weight excluding hydrogens is 536 g/mol. The van der Waals surface area contributed by atoms with Crippen molar-refractivity contribution < 1.29 is 28.8 Å². The second-order valence-corrected chi connectivity index (χ2v) is 10.7. The summed E-state index contributed by atoms with van der Waals surface area (Å²) in [5.41, 5.74) is 0.497. The summed E-state index contributed by atoms with van der Waals surface area (Å²) in [6.07, 6.45) is 15.2. The van der Waals surface area contributed by atoms with Crippen molar-refractivity contribution in [3.63, 3.8) is 0 Å². The van der Waals surface area contributed by atoms with Crippen LogP contribution in [0.1, 0.15) is 120 Å². The van der Waals surface area contributed by atoms with Gasteiger partial charge in [-0.05, 0) is 31.0 Å². The number of nitrogens with zero attached hydrogens (tertiary/aromatic N) is 1. The average molecular weight is 583 g/mol. The average Bonchev–Trinajstić information content (AvgIpc) is 2.98. The molecule has 1 atom stereocenters. The Morgan fingerprint density at radius 2 is 1.40 bits per heavy atom. The van der Waals surface area contributed by atoms with Crippen LogP contribution in [0.3, 0.4) is 0 Å². The van der Waals surface area contributed by atoms with Crippen LogP contribution in [0.2, 0.25) is 0 Å². The Morgan fingerprint density at radius 3 is 1.98 bits per heavy atom. The maximum atomic E-state index is 12.7. The number of nitro benzene ring substituents is 1. The molecule has 0 unspecified atom stereocenters. The van der Waals surface area contributed by atoms with E-state index >= 15 is 0 Å². The maximum Gasteiger partial charge on any atom is 0.408 e. The van der Waals surface area contributed by atoms with Crippen LogP contribution in [0.4, 0.5) is 10.5 Å². The molecule has 0 aromatic heterocycles. The zero-order chi connectivity index (χ0) is 30.6. The Labute approximate surface area is 249 Å². The molecule has 0 radical (unpaired) electrons. The van der Waals surface area contributed by atoms with Crippen molar-refractivity contribution in [2.45, 2.75) is 116 Å². The van der Waals surface area contributed by atoms with Gasteiger partial charge < -0.3 is 14.8 Å². The number of nitro groups is 1. The number of Topliss-reactive ketones (excluding diaryl/α,β-unsaturated/α-hetero) is 1. The third-order valence-corrected chi connectivity index (χ3v) is 7.10. The van der Waals surface area contributed by atoms with Gasteiger partial charge in [0.15, 0.2) is 5.78 Å². The molecule has 0 aliphatic carbocycles. The lowest BCUT2D eigenvalue weighted by Crippen LogP contribution is -2.41. The van der Waals surface area contributed by atoms with Crippen molar-refractivity contribution >= 4 is 23.5 Å². The fourth-order valence-corrected chi connectivity index (χ4v) is 4.56. The Bertz CT molecular complexity index is 1120. The summed E-state index contributed by atoms with van der Waals surface area (Å²) in [7, 11) is 0. The topological polar surface area (TPSA) is 125 Å². The number of benzene rings is 2. The van der Waals surface area contributed by atoms with Crippen LogP contribution in [0.15, 0.2) is 48.5 Å². The molecule has 9 heteroatoms. The van der Waals surface area contributed by atoms with Crippen LogP contribution < -0.4 is 10.1 Å². The third-order valence-electron chi connectivity index (χ3n) is 7.10. The molecular formula is C33H46N2O7. The molecule has 1 amide bonds. The molecule has 0 saturated carbocycles. The Balaban J connectivity index is 1.71. The first-order valence-electron chi connectivity index (χ1n) is 15.3. The van der Waals surface area contributed by atoms with Crippen LogP contribution in [0.25, 0.3) is 0 Å². The summed E-state index contributed by atoms with van der Waals surface area (Å²) in [6, 6.07) is 11.7. The lowest BCUT2D eigenvalue weighted by molar-refractivity contribution is -0.385. The molecule has 0 bridgehead atoms. The van der Waals surface area contributed by atoms with Crippen LogP contribution in [0, 0.1) is 10.1 Å². The van der Waals surface area contributed by atoms with Crippen LogP contribution >= 0.6 is 0 Å². The molecule has 2 rings (SSSR count). The van der Waals surface area contributed by atoms with E-state index in [9.17, 15) is 24.5 Å². The maximum absolute atomic E-state index is 12.7. The van der Waals surface area contributed by atoms with Gasteiger partial charge in [-0.25, -0.2) is 9.59 Å². The first-order valence-corrected chi connectivity index (χ1v) is 15.3. The highest BCUT2D eigenvalue weighted by Gasteiger charge is 2.24. The van der Waals surface area contributed by atoms with Crippen LogP contribution in [0.5, 0.6) is 5.75 Å². The number of ether oxygens (including phenoxy) is 2. The van der Waals surface area contributed by atoms with E-state index in [-0.39, 0.29) is 23.7 Å². The second-order valence-electron chi connectivity index (χ2n) is 10.7. The molecule has 1 N–H and O–H groups in total. The minimum absolute atomic E-state index is 0.0225. The molecule has 0 aliphatic heterocycles. The van der Waals surface area contributed by atoms with Crippen molar-refractivity contribution in [2.75, 3.05) is 0 Å². The number of alkyl carbamates (subject to hydrolysis) is 1.